The van der Waals surface area contributed by atoms with Crippen LogP contribution in [0.3, 0.4) is 0 Å². The molecule has 2 aromatic carbocycles. The van der Waals surface area contributed by atoms with Crippen molar-refractivity contribution < 1.29 is 9.21 Å². The van der Waals surface area contributed by atoms with Gasteiger partial charge in [-0.1, -0.05) is 24.3 Å². The molecule has 0 aliphatic carbocycles. The van der Waals surface area contributed by atoms with Crippen LogP contribution < -0.4 is 0 Å². The summed E-state index contributed by atoms with van der Waals surface area (Å²) >= 11 is 0. The molecule has 0 aliphatic rings. The van der Waals surface area contributed by atoms with E-state index >= 15 is 0 Å². The lowest BCUT2D eigenvalue weighted by Crippen LogP contribution is -2.00. The Morgan fingerprint density at radius 1 is 1.06 bits per heavy atom. The molecule has 1 heterocycles. The molecule has 0 spiro atoms. The molecule has 18 heavy (non-hydrogen) atoms. The van der Waals surface area contributed by atoms with E-state index in [9.17, 15) is 4.79 Å². The number of fused-ring (bicyclic) bond motifs is 1. The molecule has 0 atom stereocenters. The Bertz CT molecular complexity index is 709. The van der Waals surface area contributed by atoms with Crippen molar-refractivity contribution >= 4 is 16.6 Å². The highest BCUT2D eigenvalue weighted by Gasteiger charge is 2.13. The van der Waals surface area contributed by atoms with Gasteiger partial charge in [-0.25, -0.2) is 0 Å². The summed E-state index contributed by atoms with van der Waals surface area (Å²) in [5, 5.41) is 2.25. The number of hydrogen-bond acceptors (Lipinski definition) is 2. The lowest BCUT2D eigenvalue weighted by Gasteiger charge is -2.05. The van der Waals surface area contributed by atoms with Gasteiger partial charge in [0.15, 0.2) is 5.76 Å². The van der Waals surface area contributed by atoms with Crippen LogP contribution in [0.15, 0.2) is 59.2 Å². The van der Waals surface area contributed by atoms with Gasteiger partial charge in [-0.3, -0.25) is 4.79 Å². The molecular weight excluding hydrogens is 224 g/mol. The quantitative estimate of drug-likeness (QED) is 0.630. The van der Waals surface area contributed by atoms with Gasteiger partial charge in [0, 0.05) is 5.56 Å². The van der Waals surface area contributed by atoms with E-state index in [-0.39, 0.29) is 5.78 Å². The Morgan fingerprint density at radius 3 is 2.67 bits per heavy atom. The van der Waals surface area contributed by atoms with Gasteiger partial charge in [-0.2, -0.15) is 0 Å². The highest BCUT2D eigenvalue weighted by atomic mass is 16.3. The Balaban J connectivity index is 2.16. The average Bonchev–Trinajstić information content (AvgIpc) is 2.91. The molecule has 88 valence electrons. The molecule has 0 saturated heterocycles. The predicted octanol–water partition coefficient (Wildman–Crippen LogP) is 3.97. The maximum absolute atomic E-state index is 12.2. The van der Waals surface area contributed by atoms with Crippen LogP contribution in [0, 0.1) is 6.92 Å². The smallest absolute Gasteiger partial charge is 0.228 e. The minimum absolute atomic E-state index is 0.0751. The van der Waals surface area contributed by atoms with Gasteiger partial charge in [0.25, 0.3) is 0 Å². The number of carbonyl (C=O) groups is 1. The Hall–Kier alpha value is -2.35. The van der Waals surface area contributed by atoms with Crippen LogP contribution in [-0.4, -0.2) is 5.78 Å². The third kappa shape index (κ3) is 1.72. The standard InChI is InChI=1S/C16H12O2/c1-11-9-13(16(17)15-7-4-8-18-15)10-12-5-2-3-6-14(11)12/h2-10H,1H3. The molecular formula is C16H12O2. The highest BCUT2D eigenvalue weighted by Crippen LogP contribution is 2.22. The zero-order valence-corrected chi connectivity index (χ0v) is 10.0. The zero-order valence-electron chi connectivity index (χ0n) is 10.0. The summed E-state index contributed by atoms with van der Waals surface area (Å²) in [7, 11) is 0. The van der Waals surface area contributed by atoms with Gasteiger partial charge < -0.3 is 4.42 Å². The number of furan rings is 1. The average molecular weight is 236 g/mol. The normalized spacial score (nSPS) is 10.7. The number of rotatable bonds is 2. The molecule has 2 heteroatoms. The summed E-state index contributed by atoms with van der Waals surface area (Å²) in [5.74, 6) is 0.304. The monoisotopic (exact) mass is 236 g/mol. The van der Waals surface area contributed by atoms with E-state index in [4.69, 9.17) is 4.42 Å². The molecule has 0 bridgehead atoms. The first-order chi connectivity index (χ1) is 8.75. The number of ketones is 1. The number of carbonyl (C=O) groups excluding carboxylic acids is 1. The molecule has 2 nitrogen and oxygen atoms in total. The van der Waals surface area contributed by atoms with Gasteiger partial charge in [-0.15, -0.1) is 0 Å². The minimum Gasteiger partial charge on any atom is -0.461 e. The van der Waals surface area contributed by atoms with Crippen LogP contribution in [0.1, 0.15) is 21.7 Å². The number of hydrogen-bond donors (Lipinski definition) is 0. The fourth-order valence-corrected chi connectivity index (χ4v) is 2.18. The fourth-order valence-electron chi connectivity index (χ4n) is 2.18. The van der Waals surface area contributed by atoms with E-state index in [2.05, 4.69) is 6.07 Å². The van der Waals surface area contributed by atoms with Gasteiger partial charge >= 0.3 is 0 Å². The molecule has 0 N–H and O–H groups in total. The van der Waals surface area contributed by atoms with Gasteiger partial charge in [0.2, 0.25) is 5.78 Å². The fraction of sp³-hybridized carbons (Fsp3) is 0.0625. The van der Waals surface area contributed by atoms with Crippen molar-refractivity contribution in [3.05, 3.63) is 71.7 Å². The van der Waals surface area contributed by atoms with Crippen molar-refractivity contribution in [2.24, 2.45) is 0 Å². The number of benzene rings is 2. The molecule has 0 saturated carbocycles. The van der Waals surface area contributed by atoms with Crippen molar-refractivity contribution in [2.45, 2.75) is 6.92 Å². The zero-order chi connectivity index (χ0) is 12.5. The first-order valence-electron chi connectivity index (χ1n) is 5.83. The Kier molecular flexibility index (Phi) is 2.49. The lowest BCUT2D eigenvalue weighted by molar-refractivity contribution is 0.101. The summed E-state index contributed by atoms with van der Waals surface area (Å²) in [4.78, 5) is 12.2. The minimum atomic E-state index is -0.0751. The van der Waals surface area contributed by atoms with Crippen LogP contribution in [-0.2, 0) is 0 Å². The molecule has 3 rings (SSSR count). The van der Waals surface area contributed by atoms with Gasteiger partial charge in [-0.05, 0) is 47.5 Å². The molecule has 0 aliphatic heterocycles. The van der Waals surface area contributed by atoms with E-state index in [1.807, 2.05) is 37.3 Å². The molecule has 0 fully saturated rings. The molecule has 0 unspecified atom stereocenters. The molecule has 1 aromatic heterocycles. The molecule has 0 amide bonds. The summed E-state index contributed by atoms with van der Waals surface area (Å²) in [6.45, 7) is 2.02. The van der Waals surface area contributed by atoms with Crippen molar-refractivity contribution in [3.63, 3.8) is 0 Å². The second-order valence-corrected chi connectivity index (χ2v) is 4.32. The molecule has 0 radical (unpaired) electrons. The Labute approximate surface area is 105 Å². The van der Waals surface area contributed by atoms with Crippen molar-refractivity contribution in [2.75, 3.05) is 0 Å². The largest absolute Gasteiger partial charge is 0.461 e. The lowest BCUT2D eigenvalue weighted by atomic mass is 9.99. The summed E-state index contributed by atoms with van der Waals surface area (Å²) in [5.41, 5.74) is 1.77. The van der Waals surface area contributed by atoms with Crippen LogP contribution in [0.25, 0.3) is 10.8 Å². The summed E-state index contributed by atoms with van der Waals surface area (Å²) in [6, 6.07) is 15.3. The van der Waals surface area contributed by atoms with E-state index in [0.29, 0.717) is 11.3 Å². The maximum atomic E-state index is 12.2. The van der Waals surface area contributed by atoms with Crippen LogP contribution in [0.5, 0.6) is 0 Å². The van der Waals surface area contributed by atoms with Crippen molar-refractivity contribution in [1.29, 1.82) is 0 Å². The third-order valence-corrected chi connectivity index (χ3v) is 3.08. The van der Waals surface area contributed by atoms with Crippen LogP contribution >= 0.6 is 0 Å². The second kappa shape index (κ2) is 4.15. The first kappa shape index (κ1) is 10.8. The topological polar surface area (TPSA) is 30.2 Å². The summed E-state index contributed by atoms with van der Waals surface area (Å²) in [6.07, 6.45) is 1.52. The van der Waals surface area contributed by atoms with E-state index in [1.165, 1.54) is 11.6 Å². The second-order valence-electron chi connectivity index (χ2n) is 4.32. The maximum Gasteiger partial charge on any atom is 0.228 e. The Morgan fingerprint density at radius 2 is 1.89 bits per heavy atom. The summed E-state index contributed by atoms with van der Waals surface area (Å²) < 4.78 is 5.15. The van der Waals surface area contributed by atoms with Gasteiger partial charge in [0.1, 0.15) is 0 Å². The predicted molar refractivity (Wildman–Crippen MR) is 70.8 cm³/mol. The third-order valence-electron chi connectivity index (χ3n) is 3.08. The first-order valence-corrected chi connectivity index (χ1v) is 5.83. The number of aryl methyl sites for hydroxylation is 1. The van der Waals surface area contributed by atoms with Gasteiger partial charge in [0.05, 0.1) is 6.26 Å². The highest BCUT2D eigenvalue weighted by molar-refractivity contribution is 6.09. The van der Waals surface area contributed by atoms with Crippen LogP contribution in [0.2, 0.25) is 0 Å². The van der Waals surface area contributed by atoms with E-state index < -0.39 is 0 Å². The van der Waals surface area contributed by atoms with E-state index in [0.717, 1.165) is 10.9 Å². The molecule has 3 aromatic rings. The SMILES string of the molecule is Cc1cc(C(=O)c2ccco2)cc2ccccc12. The van der Waals surface area contributed by atoms with Crippen LogP contribution in [0.4, 0.5) is 0 Å². The van der Waals surface area contributed by atoms with Crippen molar-refractivity contribution in [1.82, 2.24) is 0 Å². The van der Waals surface area contributed by atoms with E-state index in [1.54, 1.807) is 12.1 Å². The van der Waals surface area contributed by atoms with Crippen molar-refractivity contribution in [3.8, 4) is 0 Å².